The van der Waals surface area contributed by atoms with E-state index in [1.165, 1.54) is 0 Å². The summed E-state index contributed by atoms with van der Waals surface area (Å²) in [4.78, 5) is 41.3. The number of hydrogen-bond donors (Lipinski definition) is 2. The SMILES string of the molecule is CCC(C)(C)C1CCC2(CC1)NC(=O)N(CC(=O)NCc1ccc(OCCN(C)C)cc1)C2=O. The number of amides is 4. The molecule has 4 amide bonds. The first-order valence-electron chi connectivity index (χ1n) is 12.3. The minimum absolute atomic E-state index is 0.226. The summed E-state index contributed by atoms with van der Waals surface area (Å²) in [5.41, 5.74) is 0.294. The highest BCUT2D eigenvalue weighted by atomic mass is 16.5. The minimum atomic E-state index is -0.847. The van der Waals surface area contributed by atoms with Gasteiger partial charge < -0.3 is 20.3 Å². The van der Waals surface area contributed by atoms with Gasteiger partial charge in [-0.05, 0) is 68.8 Å². The van der Waals surface area contributed by atoms with Crippen LogP contribution in [-0.4, -0.2) is 67.0 Å². The van der Waals surface area contributed by atoms with Crippen LogP contribution in [0.15, 0.2) is 24.3 Å². The smallest absolute Gasteiger partial charge is 0.325 e. The third-order valence-electron chi connectivity index (χ3n) is 7.62. The quantitative estimate of drug-likeness (QED) is 0.511. The van der Waals surface area contributed by atoms with Gasteiger partial charge >= 0.3 is 6.03 Å². The van der Waals surface area contributed by atoms with Gasteiger partial charge in [0.1, 0.15) is 24.4 Å². The maximum absolute atomic E-state index is 13.1. The summed E-state index contributed by atoms with van der Waals surface area (Å²) in [5.74, 6) is 0.695. The van der Waals surface area contributed by atoms with Crippen LogP contribution in [0.5, 0.6) is 5.75 Å². The molecule has 8 nitrogen and oxygen atoms in total. The fraction of sp³-hybridized carbons (Fsp3) is 0.654. The summed E-state index contributed by atoms with van der Waals surface area (Å²) >= 11 is 0. The fourth-order valence-corrected chi connectivity index (χ4v) is 4.79. The monoisotopic (exact) mass is 472 g/mol. The molecular formula is C26H40N4O4. The molecule has 34 heavy (non-hydrogen) atoms. The molecule has 1 heterocycles. The topological polar surface area (TPSA) is 91.0 Å². The zero-order chi connectivity index (χ0) is 24.9. The molecule has 1 aliphatic carbocycles. The normalized spacial score (nSPS) is 22.9. The Morgan fingerprint density at radius 1 is 1.21 bits per heavy atom. The zero-order valence-corrected chi connectivity index (χ0v) is 21.3. The van der Waals surface area contributed by atoms with Crippen LogP contribution in [0.2, 0.25) is 0 Å². The predicted molar refractivity (Wildman–Crippen MR) is 131 cm³/mol. The Morgan fingerprint density at radius 2 is 1.85 bits per heavy atom. The molecule has 0 radical (unpaired) electrons. The first kappa shape index (κ1) is 26.0. The lowest BCUT2D eigenvalue weighted by atomic mass is 9.65. The van der Waals surface area contributed by atoms with Crippen LogP contribution < -0.4 is 15.4 Å². The number of likely N-dealkylation sites (N-methyl/N-ethyl adjacent to an activating group) is 1. The maximum Gasteiger partial charge on any atom is 0.325 e. The molecule has 1 aromatic rings. The van der Waals surface area contributed by atoms with E-state index in [2.05, 4.69) is 36.3 Å². The lowest BCUT2D eigenvalue weighted by Gasteiger charge is -2.42. The van der Waals surface area contributed by atoms with E-state index in [0.29, 0.717) is 31.9 Å². The van der Waals surface area contributed by atoms with Gasteiger partial charge in [-0.3, -0.25) is 14.5 Å². The van der Waals surface area contributed by atoms with Crippen molar-refractivity contribution in [2.75, 3.05) is 33.8 Å². The van der Waals surface area contributed by atoms with Crippen LogP contribution in [-0.2, 0) is 16.1 Å². The van der Waals surface area contributed by atoms with Crippen molar-refractivity contribution in [1.29, 1.82) is 0 Å². The van der Waals surface area contributed by atoms with Crippen LogP contribution in [0.3, 0.4) is 0 Å². The van der Waals surface area contributed by atoms with Crippen LogP contribution in [0.4, 0.5) is 4.79 Å². The second-order valence-corrected chi connectivity index (χ2v) is 10.6. The second-order valence-electron chi connectivity index (χ2n) is 10.6. The number of ether oxygens (including phenoxy) is 1. The van der Waals surface area contributed by atoms with E-state index in [4.69, 9.17) is 4.74 Å². The van der Waals surface area contributed by atoms with E-state index in [1.54, 1.807) is 0 Å². The van der Waals surface area contributed by atoms with Crippen LogP contribution in [0.25, 0.3) is 0 Å². The van der Waals surface area contributed by atoms with Crippen molar-refractivity contribution in [2.24, 2.45) is 11.3 Å². The molecule has 8 heteroatoms. The van der Waals surface area contributed by atoms with E-state index in [-0.39, 0.29) is 23.8 Å². The Kier molecular flexibility index (Phi) is 8.23. The van der Waals surface area contributed by atoms with Crippen LogP contribution in [0.1, 0.15) is 58.4 Å². The van der Waals surface area contributed by atoms with E-state index < -0.39 is 11.6 Å². The molecule has 1 aliphatic heterocycles. The molecule has 2 aliphatic rings. The first-order valence-corrected chi connectivity index (χ1v) is 12.3. The Bertz CT molecular complexity index is 873. The molecule has 0 aromatic heterocycles. The summed E-state index contributed by atoms with van der Waals surface area (Å²) in [5, 5.41) is 5.72. The zero-order valence-electron chi connectivity index (χ0n) is 21.3. The Balaban J connectivity index is 1.48. The second kappa shape index (κ2) is 10.8. The van der Waals surface area contributed by atoms with Gasteiger partial charge in [-0.15, -0.1) is 0 Å². The molecule has 1 saturated heterocycles. The van der Waals surface area contributed by atoms with Crippen molar-refractivity contribution in [3.05, 3.63) is 29.8 Å². The molecule has 2 fully saturated rings. The van der Waals surface area contributed by atoms with Gasteiger partial charge in [-0.25, -0.2) is 4.79 Å². The Hall–Kier alpha value is -2.61. The Morgan fingerprint density at radius 3 is 2.44 bits per heavy atom. The first-order chi connectivity index (χ1) is 16.1. The number of carbonyl (C=O) groups excluding carboxylic acids is 3. The molecule has 1 spiro atoms. The summed E-state index contributed by atoms with van der Waals surface area (Å²) in [6.45, 7) is 8.23. The maximum atomic E-state index is 13.1. The highest BCUT2D eigenvalue weighted by molar-refractivity contribution is 6.09. The average Bonchev–Trinajstić information content (AvgIpc) is 3.02. The molecule has 1 aromatic carbocycles. The summed E-state index contributed by atoms with van der Waals surface area (Å²) < 4.78 is 5.68. The van der Waals surface area contributed by atoms with E-state index >= 15 is 0 Å². The van der Waals surface area contributed by atoms with Gasteiger partial charge in [-0.2, -0.15) is 0 Å². The molecule has 0 bridgehead atoms. The third kappa shape index (κ3) is 6.09. The highest BCUT2D eigenvalue weighted by Crippen LogP contribution is 2.45. The Labute approximate surface area is 203 Å². The standard InChI is InChI=1S/C26H40N4O4/c1-6-25(2,3)20-11-13-26(14-12-20)23(32)30(24(33)28-26)18-22(31)27-17-19-7-9-21(10-8-19)34-16-15-29(4)5/h7-10,20H,6,11-18H2,1-5H3,(H,27,31)(H,28,33). The lowest BCUT2D eigenvalue weighted by Crippen LogP contribution is -2.51. The van der Waals surface area contributed by atoms with Crippen LogP contribution >= 0.6 is 0 Å². The average molecular weight is 473 g/mol. The number of nitrogens with one attached hydrogen (secondary N) is 2. The van der Waals surface area contributed by atoms with Gasteiger partial charge in [0.25, 0.3) is 5.91 Å². The molecule has 0 unspecified atom stereocenters. The highest BCUT2D eigenvalue weighted by Gasteiger charge is 2.53. The summed E-state index contributed by atoms with van der Waals surface area (Å²) in [6.07, 6.45) is 4.16. The lowest BCUT2D eigenvalue weighted by molar-refractivity contribution is -0.136. The number of urea groups is 1. The van der Waals surface area contributed by atoms with Crippen molar-refractivity contribution in [2.45, 2.75) is 65.0 Å². The van der Waals surface area contributed by atoms with Crippen molar-refractivity contribution < 1.29 is 19.1 Å². The van der Waals surface area contributed by atoms with E-state index in [0.717, 1.165) is 42.0 Å². The molecule has 0 atom stereocenters. The third-order valence-corrected chi connectivity index (χ3v) is 7.62. The molecular weight excluding hydrogens is 432 g/mol. The van der Waals surface area contributed by atoms with Crippen molar-refractivity contribution in [3.63, 3.8) is 0 Å². The molecule has 3 rings (SSSR count). The fourth-order valence-electron chi connectivity index (χ4n) is 4.79. The van der Waals surface area contributed by atoms with E-state index in [1.807, 2.05) is 38.4 Å². The number of imide groups is 1. The predicted octanol–water partition coefficient (Wildman–Crippen LogP) is 3.16. The molecule has 1 saturated carbocycles. The number of carbonyl (C=O) groups is 3. The van der Waals surface area contributed by atoms with Gasteiger partial charge in [-0.1, -0.05) is 39.3 Å². The van der Waals surface area contributed by atoms with Crippen LogP contribution in [0, 0.1) is 11.3 Å². The van der Waals surface area contributed by atoms with Gasteiger partial charge in [0, 0.05) is 13.1 Å². The van der Waals surface area contributed by atoms with Gasteiger partial charge in [0.05, 0.1) is 0 Å². The summed E-state index contributed by atoms with van der Waals surface area (Å²) in [6, 6.07) is 7.06. The van der Waals surface area contributed by atoms with Crippen molar-refractivity contribution in [3.8, 4) is 5.75 Å². The largest absolute Gasteiger partial charge is 0.492 e. The van der Waals surface area contributed by atoms with Gasteiger partial charge in [0.2, 0.25) is 5.91 Å². The van der Waals surface area contributed by atoms with Crippen molar-refractivity contribution >= 4 is 17.8 Å². The number of nitrogens with zero attached hydrogens (tertiary/aromatic N) is 2. The minimum Gasteiger partial charge on any atom is -0.492 e. The molecule has 188 valence electrons. The van der Waals surface area contributed by atoms with E-state index in [9.17, 15) is 14.4 Å². The number of hydrogen-bond acceptors (Lipinski definition) is 5. The number of benzene rings is 1. The molecule has 2 N–H and O–H groups in total. The number of rotatable bonds is 10. The summed E-state index contributed by atoms with van der Waals surface area (Å²) in [7, 11) is 3.99. The van der Waals surface area contributed by atoms with Crippen molar-refractivity contribution in [1.82, 2.24) is 20.4 Å². The van der Waals surface area contributed by atoms with Gasteiger partial charge in [0.15, 0.2) is 0 Å².